The third-order valence-electron chi connectivity index (χ3n) is 2.27. The number of ether oxygens (including phenoxy) is 2. The predicted octanol–water partition coefficient (Wildman–Crippen LogP) is 3.27. The zero-order chi connectivity index (χ0) is 12.9. The predicted molar refractivity (Wildman–Crippen MR) is 70.9 cm³/mol. The molecule has 17 heavy (non-hydrogen) atoms. The van der Waals surface area contributed by atoms with E-state index in [0.717, 1.165) is 11.1 Å². The minimum Gasteiger partial charge on any atom is -0.493 e. The topological polar surface area (TPSA) is 35.5 Å². The molecular formula is C13H17BrO3. The highest BCUT2D eigenvalue weighted by molar-refractivity contribution is 9.09. The van der Waals surface area contributed by atoms with Gasteiger partial charge < -0.3 is 9.47 Å². The van der Waals surface area contributed by atoms with E-state index in [9.17, 15) is 4.79 Å². The number of methoxy groups -OCH3 is 1. The molecule has 0 aromatic heterocycles. The van der Waals surface area contributed by atoms with Crippen LogP contribution in [0.4, 0.5) is 0 Å². The molecule has 0 radical (unpaired) electrons. The second-order valence-electron chi connectivity index (χ2n) is 4.60. The van der Waals surface area contributed by atoms with Gasteiger partial charge in [0.05, 0.1) is 19.3 Å². The molecule has 0 aliphatic rings. The average molecular weight is 301 g/mol. The Morgan fingerprint density at radius 2 is 1.88 bits per heavy atom. The molecular weight excluding hydrogens is 284 g/mol. The van der Waals surface area contributed by atoms with Crippen molar-refractivity contribution >= 4 is 21.9 Å². The maximum atomic E-state index is 11.2. The summed E-state index contributed by atoms with van der Waals surface area (Å²) in [6, 6.07) is 6.94. The highest BCUT2D eigenvalue weighted by Crippen LogP contribution is 2.21. The third kappa shape index (κ3) is 4.38. The fourth-order valence-electron chi connectivity index (χ4n) is 1.12. The van der Waals surface area contributed by atoms with E-state index < -0.39 is 0 Å². The number of rotatable bonds is 5. The van der Waals surface area contributed by atoms with E-state index in [-0.39, 0.29) is 11.4 Å². The Bertz CT molecular complexity index is 371. The summed E-state index contributed by atoms with van der Waals surface area (Å²) in [6.45, 7) is 4.85. The Morgan fingerprint density at radius 1 is 1.29 bits per heavy atom. The van der Waals surface area contributed by atoms with Gasteiger partial charge in [0.25, 0.3) is 0 Å². The largest absolute Gasteiger partial charge is 0.493 e. The summed E-state index contributed by atoms with van der Waals surface area (Å²) in [6.07, 6.45) is 0. The van der Waals surface area contributed by atoms with Crippen LogP contribution in [0.3, 0.4) is 0 Å². The summed E-state index contributed by atoms with van der Waals surface area (Å²) in [5, 5.41) is 0.875. The SMILES string of the molecule is COC(=O)c1ccc(OCC(C)(C)CBr)cc1. The van der Waals surface area contributed by atoms with Crippen molar-refractivity contribution in [3.8, 4) is 5.75 Å². The van der Waals surface area contributed by atoms with Gasteiger partial charge in [-0.15, -0.1) is 0 Å². The summed E-state index contributed by atoms with van der Waals surface area (Å²) in [5.74, 6) is 0.420. The van der Waals surface area contributed by atoms with Gasteiger partial charge in [-0.3, -0.25) is 0 Å². The van der Waals surface area contributed by atoms with Crippen molar-refractivity contribution in [1.29, 1.82) is 0 Å². The van der Waals surface area contributed by atoms with Gasteiger partial charge in [0.1, 0.15) is 5.75 Å². The molecule has 1 aromatic rings. The second-order valence-corrected chi connectivity index (χ2v) is 5.16. The van der Waals surface area contributed by atoms with E-state index in [2.05, 4.69) is 34.5 Å². The Hall–Kier alpha value is -1.03. The lowest BCUT2D eigenvalue weighted by Gasteiger charge is -2.21. The first-order chi connectivity index (χ1) is 7.98. The van der Waals surface area contributed by atoms with Gasteiger partial charge in [-0.05, 0) is 24.3 Å². The Kier molecular flexibility index (Phi) is 5.00. The molecule has 1 aromatic carbocycles. The molecule has 0 amide bonds. The highest BCUT2D eigenvalue weighted by Gasteiger charge is 2.17. The lowest BCUT2D eigenvalue weighted by molar-refractivity contribution is 0.0600. The number of carbonyl (C=O) groups excluding carboxylic acids is 1. The molecule has 0 aliphatic heterocycles. The highest BCUT2D eigenvalue weighted by atomic mass is 79.9. The van der Waals surface area contributed by atoms with Crippen LogP contribution in [0.2, 0.25) is 0 Å². The average Bonchev–Trinajstić information content (AvgIpc) is 2.36. The second kappa shape index (κ2) is 6.05. The fourth-order valence-corrected chi connectivity index (χ4v) is 1.28. The van der Waals surface area contributed by atoms with E-state index in [1.807, 2.05) is 0 Å². The number of hydrogen-bond acceptors (Lipinski definition) is 3. The number of esters is 1. The molecule has 0 fully saturated rings. The van der Waals surface area contributed by atoms with Crippen LogP contribution < -0.4 is 4.74 Å². The molecule has 0 aliphatic carbocycles. The summed E-state index contributed by atoms with van der Waals surface area (Å²) in [7, 11) is 1.37. The lowest BCUT2D eigenvalue weighted by atomic mass is 9.98. The van der Waals surface area contributed by atoms with Crippen LogP contribution in [-0.2, 0) is 4.74 Å². The monoisotopic (exact) mass is 300 g/mol. The van der Waals surface area contributed by atoms with Gasteiger partial charge in [0.2, 0.25) is 0 Å². The third-order valence-corrected chi connectivity index (χ3v) is 3.78. The van der Waals surface area contributed by atoms with Gasteiger partial charge in [-0.2, -0.15) is 0 Å². The van der Waals surface area contributed by atoms with Crippen molar-refractivity contribution in [3.63, 3.8) is 0 Å². The first-order valence-electron chi connectivity index (χ1n) is 5.36. The van der Waals surface area contributed by atoms with Crippen molar-refractivity contribution in [1.82, 2.24) is 0 Å². The number of carbonyl (C=O) groups is 1. The van der Waals surface area contributed by atoms with Crippen LogP contribution in [0.5, 0.6) is 5.75 Å². The Labute approximate surface area is 110 Å². The molecule has 94 valence electrons. The molecule has 0 saturated heterocycles. The quantitative estimate of drug-likeness (QED) is 0.618. The van der Waals surface area contributed by atoms with Crippen molar-refractivity contribution in [2.24, 2.45) is 5.41 Å². The molecule has 1 rings (SSSR count). The normalized spacial score (nSPS) is 11.1. The van der Waals surface area contributed by atoms with Crippen molar-refractivity contribution in [2.45, 2.75) is 13.8 Å². The molecule has 3 nitrogen and oxygen atoms in total. The number of hydrogen-bond donors (Lipinski definition) is 0. The van der Waals surface area contributed by atoms with Gasteiger partial charge in [0.15, 0.2) is 0 Å². The lowest BCUT2D eigenvalue weighted by Crippen LogP contribution is -2.22. The zero-order valence-electron chi connectivity index (χ0n) is 10.3. The standard InChI is InChI=1S/C13H17BrO3/c1-13(2,8-14)9-17-11-6-4-10(5-7-11)12(15)16-3/h4-7H,8-9H2,1-3H3. The zero-order valence-corrected chi connectivity index (χ0v) is 11.9. The van der Waals surface area contributed by atoms with E-state index in [1.54, 1.807) is 24.3 Å². The molecule has 0 spiro atoms. The maximum absolute atomic E-state index is 11.2. The molecule has 4 heteroatoms. The number of benzene rings is 1. The van der Waals surface area contributed by atoms with Crippen LogP contribution >= 0.6 is 15.9 Å². The Balaban J connectivity index is 2.60. The molecule has 0 N–H and O–H groups in total. The number of halogens is 1. The maximum Gasteiger partial charge on any atom is 0.337 e. The summed E-state index contributed by atoms with van der Waals surface area (Å²) in [4.78, 5) is 11.2. The van der Waals surface area contributed by atoms with E-state index in [1.165, 1.54) is 7.11 Å². The molecule has 0 unspecified atom stereocenters. The van der Waals surface area contributed by atoms with Gasteiger partial charge >= 0.3 is 5.97 Å². The summed E-state index contributed by atoms with van der Waals surface area (Å²) < 4.78 is 10.3. The summed E-state index contributed by atoms with van der Waals surface area (Å²) in [5.41, 5.74) is 0.612. The van der Waals surface area contributed by atoms with Crippen LogP contribution in [-0.4, -0.2) is 25.0 Å². The fraction of sp³-hybridized carbons (Fsp3) is 0.462. The van der Waals surface area contributed by atoms with Gasteiger partial charge in [-0.25, -0.2) is 4.79 Å². The molecule has 0 saturated carbocycles. The van der Waals surface area contributed by atoms with Crippen LogP contribution in [0.25, 0.3) is 0 Å². The van der Waals surface area contributed by atoms with Crippen molar-refractivity contribution in [3.05, 3.63) is 29.8 Å². The van der Waals surface area contributed by atoms with E-state index >= 15 is 0 Å². The first-order valence-corrected chi connectivity index (χ1v) is 6.48. The minimum absolute atomic E-state index is 0.0843. The van der Waals surface area contributed by atoms with Crippen molar-refractivity contribution < 1.29 is 14.3 Å². The van der Waals surface area contributed by atoms with Crippen LogP contribution in [0.1, 0.15) is 24.2 Å². The van der Waals surface area contributed by atoms with E-state index in [4.69, 9.17) is 4.74 Å². The van der Waals surface area contributed by atoms with Crippen molar-refractivity contribution in [2.75, 3.05) is 19.0 Å². The first kappa shape index (κ1) is 14.0. The Morgan fingerprint density at radius 3 is 2.35 bits per heavy atom. The molecule has 0 heterocycles. The smallest absolute Gasteiger partial charge is 0.337 e. The summed E-state index contributed by atoms with van der Waals surface area (Å²) >= 11 is 3.44. The minimum atomic E-state index is -0.336. The van der Waals surface area contributed by atoms with Gasteiger partial charge in [-0.1, -0.05) is 29.8 Å². The van der Waals surface area contributed by atoms with E-state index in [0.29, 0.717) is 12.2 Å². The number of alkyl halides is 1. The van der Waals surface area contributed by atoms with Gasteiger partial charge in [0, 0.05) is 10.7 Å². The molecule has 0 atom stereocenters. The molecule has 0 bridgehead atoms. The van der Waals surface area contributed by atoms with Crippen LogP contribution in [0.15, 0.2) is 24.3 Å². The van der Waals surface area contributed by atoms with Crippen LogP contribution in [0, 0.1) is 5.41 Å².